The van der Waals surface area contributed by atoms with Gasteiger partial charge in [-0.1, -0.05) is 43.7 Å². The third kappa shape index (κ3) is 4.86. The SMILES string of the molecule is [2H][C@](CCC)(NC(=O)OCc1ccccc1)C(=O)O. The van der Waals surface area contributed by atoms with Crippen molar-refractivity contribution in [1.82, 2.24) is 5.32 Å². The summed E-state index contributed by atoms with van der Waals surface area (Å²) < 4.78 is 12.6. The molecule has 0 unspecified atom stereocenters. The fraction of sp³-hybridized carbons (Fsp3) is 0.385. The third-order valence-electron chi connectivity index (χ3n) is 2.22. The van der Waals surface area contributed by atoms with Crippen LogP contribution in [0.4, 0.5) is 4.79 Å². The Morgan fingerprint density at radius 1 is 1.44 bits per heavy atom. The van der Waals surface area contributed by atoms with Crippen LogP contribution in [0.5, 0.6) is 0 Å². The van der Waals surface area contributed by atoms with E-state index in [0.29, 0.717) is 6.42 Å². The lowest BCUT2D eigenvalue weighted by molar-refractivity contribution is -0.139. The third-order valence-corrected chi connectivity index (χ3v) is 2.22. The summed E-state index contributed by atoms with van der Waals surface area (Å²) in [5, 5.41) is 11.0. The number of hydrogen-bond donors (Lipinski definition) is 2. The Kier molecular flexibility index (Phi) is 5.05. The monoisotopic (exact) mass is 252 g/mol. The number of benzene rings is 1. The molecule has 0 aliphatic heterocycles. The quantitative estimate of drug-likeness (QED) is 0.813. The van der Waals surface area contributed by atoms with Gasteiger partial charge in [-0.05, 0) is 12.0 Å². The summed E-state index contributed by atoms with van der Waals surface area (Å²) in [5.41, 5.74) is 0.791. The van der Waals surface area contributed by atoms with Gasteiger partial charge in [-0.2, -0.15) is 0 Å². The van der Waals surface area contributed by atoms with Crippen molar-refractivity contribution in [1.29, 1.82) is 0 Å². The molecule has 0 aliphatic rings. The molecule has 1 atom stereocenters. The number of alkyl carbamates (subject to hydrolysis) is 1. The van der Waals surface area contributed by atoms with Gasteiger partial charge in [0, 0.05) is 0 Å². The number of rotatable bonds is 6. The van der Waals surface area contributed by atoms with E-state index in [-0.39, 0.29) is 13.0 Å². The van der Waals surface area contributed by atoms with Crippen LogP contribution in [0.15, 0.2) is 30.3 Å². The maximum atomic E-state index is 11.5. The lowest BCUT2D eigenvalue weighted by atomic mass is 10.2. The molecule has 0 heterocycles. The number of hydrogen-bond acceptors (Lipinski definition) is 3. The van der Waals surface area contributed by atoms with Gasteiger partial charge in [0.25, 0.3) is 0 Å². The zero-order valence-corrected chi connectivity index (χ0v) is 10.2. The average Bonchev–Trinajstić information content (AvgIpc) is 2.37. The standard InChI is InChI=1S/C13H17NO4/c1-2-6-11(12(15)16)14-13(17)18-9-10-7-4-3-5-8-10/h3-5,7-8,11H,2,6,9H2,1H3,(H,14,17)(H,15,16)/t11-/m1/s1/i11D. The summed E-state index contributed by atoms with van der Waals surface area (Å²) >= 11 is 0. The molecule has 1 amide bonds. The van der Waals surface area contributed by atoms with Gasteiger partial charge in [0.05, 0.1) is 1.37 Å². The van der Waals surface area contributed by atoms with E-state index < -0.39 is 18.1 Å². The van der Waals surface area contributed by atoms with Gasteiger partial charge in [0.2, 0.25) is 0 Å². The largest absolute Gasteiger partial charge is 0.480 e. The topological polar surface area (TPSA) is 75.6 Å². The summed E-state index contributed by atoms with van der Waals surface area (Å²) in [6.45, 7) is 1.78. The lowest BCUT2D eigenvalue weighted by Gasteiger charge is -2.13. The first-order valence-corrected chi connectivity index (χ1v) is 5.70. The smallest absolute Gasteiger partial charge is 0.408 e. The number of amides is 1. The first kappa shape index (κ1) is 12.4. The Balaban J connectivity index is 2.52. The molecule has 0 radical (unpaired) electrons. The van der Waals surface area contributed by atoms with Crippen molar-refractivity contribution >= 4 is 12.1 Å². The second kappa shape index (κ2) is 7.32. The predicted octanol–water partition coefficient (Wildman–Crippen LogP) is 2.17. The van der Waals surface area contributed by atoms with Crippen LogP contribution in [0.25, 0.3) is 0 Å². The van der Waals surface area contributed by atoms with Gasteiger partial charge in [-0.3, -0.25) is 0 Å². The molecule has 1 rings (SSSR count). The number of carbonyl (C=O) groups excluding carboxylic acids is 1. The second-order valence-electron chi connectivity index (χ2n) is 3.72. The van der Waals surface area contributed by atoms with Gasteiger partial charge < -0.3 is 15.2 Å². The maximum Gasteiger partial charge on any atom is 0.408 e. The number of carboxylic acid groups (broad SMARTS) is 1. The van der Waals surface area contributed by atoms with Crippen molar-refractivity contribution in [3.8, 4) is 0 Å². The highest BCUT2D eigenvalue weighted by atomic mass is 16.5. The van der Waals surface area contributed by atoms with E-state index in [2.05, 4.69) is 5.32 Å². The van der Waals surface area contributed by atoms with Crippen molar-refractivity contribution in [2.45, 2.75) is 32.4 Å². The summed E-state index contributed by atoms with van der Waals surface area (Å²) in [5.74, 6) is -1.40. The summed E-state index contributed by atoms with van der Waals surface area (Å²) in [6, 6.07) is 6.97. The van der Waals surface area contributed by atoms with Gasteiger partial charge >= 0.3 is 12.1 Å². The molecule has 2 N–H and O–H groups in total. The molecule has 0 saturated carbocycles. The molecule has 0 bridgehead atoms. The first-order valence-electron chi connectivity index (χ1n) is 6.20. The molecule has 0 aliphatic carbocycles. The van der Waals surface area contributed by atoms with Gasteiger partial charge in [-0.25, -0.2) is 9.59 Å². The van der Waals surface area contributed by atoms with Crippen LogP contribution in [0, 0.1) is 0 Å². The van der Waals surface area contributed by atoms with Crippen molar-refractivity contribution in [3.63, 3.8) is 0 Å². The highest BCUT2D eigenvalue weighted by Gasteiger charge is 2.19. The number of aliphatic carboxylic acids is 1. The van der Waals surface area contributed by atoms with Crippen molar-refractivity contribution in [2.75, 3.05) is 0 Å². The fourth-order valence-electron chi connectivity index (χ4n) is 1.36. The highest BCUT2D eigenvalue weighted by molar-refractivity contribution is 5.79. The number of carboxylic acids is 1. The summed E-state index contributed by atoms with van der Waals surface area (Å²) in [4.78, 5) is 22.5. The minimum atomic E-state index is -2.04. The Bertz CT molecular complexity index is 438. The van der Waals surface area contributed by atoms with Gasteiger partial charge in [0.1, 0.15) is 12.6 Å². The van der Waals surface area contributed by atoms with Crippen LogP contribution < -0.4 is 5.32 Å². The van der Waals surface area contributed by atoms with E-state index in [0.717, 1.165) is 5.56 Å². The Morgan fingerprint density at radius 2 is 2.11 bits per heavy atom. The molecule has 0 saturated heterocycles. The van der Waals surface area contributed by atoms with Crippen molar-refractivity contribution in [2.24, 2.45) is 0 Å². The van der Waals surface area contributed by atoms with Crippen LogP contribution in [-0.2, 0) is 16.1 Å². The molecule has 0 spiro atoms. The Morgan fingerprint density at radius 3 is 2.67 bits per heavy atom. The van der Waals surface area contributed by atoms with E-state index in [1.807, 2.05) is 6.07 Å². The zero-order chi connectivity index (χ0) is 14.3. The average molecular weight is 252 g/mol. The van der Waals surface area contributed by atoms with Gasteiger partial charge in [0.15, 0.2) is 0 Å². The van der Waals surface area contributed by atoms with Crippen LogP contribution >= 0.6 is 0 Å². The zero-order valence-electron chi connectivity index (χ0n) is 11.2. The normalized spacial score (nSPS) is 14.2. The first-order chi connectivity index (χ1) is 8.98. The molecular formula is C13H17NO4. The van der Waals surface area contributed by atoms with E-state index in [4.69, 9.17) is 11.2 Å². The molecule has 1 aromatic carbocycles. The number of carbonyl (C=O) groups is 2. The lowest BCUT2D eigenvalue weighted by Crippen LogP contribution is -2.40. The van der Waals surface area contributed by atoms with Crippen LogP contribution in [0.1, 0.15) is 26.7 Å². The summed E-state index contributed by atoms with van der Waals surface area (Å²) in [7, 11) is 0. The predicted molar refractivity (Wildman–Crippen MR) is 66.1 cm³/mol. The van der Waals surface area contributed by atoms with Crippen LogP contribution in [0.3, 0.4) is 0 Å². The Hall–Kier alpha value is -2.04. The van der Waals surface area contributed by atoms with Crippen molar-refractivity contribution in [3.05, 3.63) is 35.9 Å². The van der Waals surface area contributed by atoms with E-state index in [1.54, 1.807) is 31.2 Å². The molecule has 0 fully saturated rings. The van der Waals surface area contributed by atoms with Crippen molar-refractivity contribution < 1.29 is 20.8 Å². The minimum absolute atomic E-state index is 0.0166. The maximum absolute atomic E-state index is 11.5. The number of nitrogens with one attached hydrogen (secondary N) is 1. The van der Waals surface area contributed by atoms with E-state index in [9.17, 15) is 9.59 Å². The molecule has 98 valence electrons. The molecular weight excluding hydrogens is 234 g/mol. The van der Waals surface area contributed by atoms with E-state index >= 15 is 0 Å². The van der Waals surface area contributed by atoms with E-state index in [1.165, 1.54) is 0 Å². The fourth-order valence-corrected chi connectivity index (χ4v) is 1.36. The highest BCUT2D eigenvalue weighted by Crippen LogP contribution is 2.02. The summed E-state index contributed by atoms with van der Waals surface area (Å²) in [6.07, 6.45) is -0.424. The van der Waals surface area contributed by atoms with Crippen LogP contribution in [-0.4, -0.2) is 23.2 Å². The molecule has 0 aromatic heterocycles. The molecule has 5 heteroatoms. The molecule has 5 nitrogen and oxygen atoms in total. The van der Waals surface area contributed by atoms with Crippen LogP contribution in [0.2, 0.25) is 0 Å². The Labute approximate surface area is 107 Å². The molecule has 1 aromatic rings. The minimum Gasteiger partial charge on any atom is -0.480 e. The number of ether oxygens (including phenoxy) is 1. The second-order valence-corrected chi connectivity index (χ2v) is 3.72. The molecule has 18 heavy (non-hydrogen) atoms. The van der Waals surface area contributed by atoms with Gasteiger partial charge in [-0.15, -0.1) is 0 Å².